The third kappa shape index (κ3) is 3.37. The van der Waals surface area contributed by atoms with Crippen LogP contribution in [0.3, 0.4) is 0 Å². The molecule has 1 N–H and O–H groups in total. The van der Waals surface area contributed by atoms with Gasteiger partial charge >= 0.3 is 0 Å². The molecule has 1 atom stereocenters. The van der Waals surface area contributed by atoms with Crippen LogP contribution in [-0.2, 0) is 4.79 Å². The Hall–Kier alpha value is -2.59. The molecule has 4 nitrogen and oxygen atoms in total. The van der Waals surface area contributed by atoms with Crippen molar-refractivity contribution in [3.05, 3.63) is 75.0 Å². The number of aromatic nitrogens is 1. The fourth-order valence-corrected chi connectivity index (χ4v) is 3.52. The van der Waals surface area contributed by atoms with E-state index in [2.05, 4.69) is 5.32 Å². The van der Waals surface area contributed by atoms with Crippen LogP contribution in [0.1, 0.15) is 30.5 Å². The Balaban J connectivity index is 2.11. The minimum absolute atomic E-state index is 0.169. The molecule has 3 rings (SSSR count). The second-order valence-corrected chi connectivity index (χ2v) is 6.87. The fourth-order valence-electron chi connectivity index (χ4n) is 3.33. The Morgan fingerprint density at radius 2 is 1.85 bits per heavy atom. The van der Waals surface area contributed by atoms with Gasteiger partial charge in [0.05, 0.1) is 5.52 Å². The summed E-state index contributed by atoms with van der Waals surface area (Å²) in [5.74, 6) is -0.231. The molecule has 0 spiro atoms. The van der Waals surface area contributed by atoms with Crippen LogP contribution in [0.5, 0.6) is 0 Å². The lowest BCUT2D eigenvalue weighted by Gasteiger charge is -2.22. The van der Waals surface area contributed by atoms with Crippen LogP contribution in [-0.4, -0.2) is 10.5 Å². The number of anilines is 1. The third-order valence-electron chi connectivity index (χ3n) is 4.57. The van der Waals surface area contributed by atoms with Gasteiger partial charge in [0, 0.05) is 22.2 Å². The number of nitrogens with one attached hydrogen (secondary N) is 1. The van der Waals surface area contributed by atoms with E-state index in [-0.39, 0.29) is 11.5 Å². The summed E-state index contributed by atoms with van der Waals surface area (Å²) in [7, 11) is 0. The van der Waals surface area contributed by atoms with Crippen molar-refractivity contribution >= 4 is 34.1 Å². The maximum atomic E-state index is 12.9. The molecule has 1 heterocycles. The molecule has 0 radical (unpaired) electrons. The molecule has 26 heavy (non-hydrogen) atoms. The van der Waals surface area contributed by atoms with Crippen LogP contribution in [0.25, 0.3) is 10.9 Å². The maximum Gasteiger partial charge on any atom is 0.252 e. The third-order valence-corrected chi connectivity index (χ3v) is 4.81. The van der Waals surface area contributed by atoms with Gasteiger partial charge in [0.25, 0.3) is 5.56 Å². The number of amides is 1. The average Bonchev–Trinajstić information content (AvgIpc) is 2.58. The van der Waals surface area contributed by atoms with Crippen molar-refractivity contribution in [1.82, 2.24) is 4.57 Å². The Bertz CT molecular complexity index is 1040. The highest BCUT2D eigenvalue weighted by molar-refractivity contribution is 6.30. The Labute approximate surface area is 157 Å². The van der Waals surface area contributed by atoms with Crippen molar-refractivity contribution in [1.29, 1.82) is 0 Å². The standard InChI is InChI=1S/C21H21ClN2O2/c1-4-18(21(26)23-16-9-6-8-15(22)12-16)24-19(25)11-14(3)17-10-5-7-13(2)20(17)24/h5-12,18H,4H2,1-3H3,(H,23,26). The molecule has 5 heteroatoms. The van der Waals surface area contributed by atoms with E-state index in [0.29, 0.717) is 17.1 Å². The second kappa shape index (κ2) is 7.34. The Morgan fingerprint density at radius 1 is 1.12 bits per heavy atom. The number of carbonyl (C=O) groups is 1. The summed E-state index contributed by atoms with van der Waals surface area (Å²) in [6.07, 6.45) is 0.499. The first-order valence-corrected chi connectivity index (χ1v) is 8.98. The first-order chi connectivity index (χ1) is 12.4. The predicted molar refractivity (Wildman–Crippen MR) is 107 cm³/mol. The molecule has 0 bridgehead atoms. The zero-order valence-electron chi connectivity index (χ0n) is 15.0. The van der Waals surface area contributed by atoms with Crippen molar-refractivity contribution in [2.75, 3.05) is 5.32 Å². The zero-order valence-corrected chi connectivity index (χ0v) is 15.8. The second-order valence-electron chi connectivity index (χ2n) is 6.43. The molecule has 0 saturated carbocycles. The molecule has 134 valence electrons. The van der Waals surface area contributed by atoms with E-state index in [0.717, 1.165) is 22.0 Å². The van der Waals surface area contributed by atoms with Gasteiger partial charge < -0.3 is 5.32 Å². The molecule has 1 amide bonds. The number of hydrogen-bond acceptors (Lipinski definition) is 2. The molecule has 3 aromatic rings. The largest absolute Gasteiger partial charge is 0.324 e. The van der Waals surface area contributed by atoms with E-state index in [1.807, 2.05) is 39.0 Å². The minimum atomic E-state index is -0.606. The number of aryl methyl sites for hydroxylation is 2. The van der Waals surface area contributed by atoms with Crippen LogP contribution in [0.2, 0.25) is 5.02 Å². The quantitative estimate of drug-likeness (QED) is 0.714. The number of fused-ring (bicyclic) bond motifs is 1. The Morgan fingerprint density at radius 3 is 2.54 bits per heavy atom. The molecule has 1 aromatic heterocycles. The number of halogens is 1. The van der Waals surface area contributed by atoms with Gasteiger partial charge in [-0.15, -0.1) is 0 Å². The molecule has 0 aliphatic carbocycles. The monoisotopic (exact) mass is 368 g/mol. The van der Waals surface area contributed by atoms with E-state index in [9.17, 15) is 9.59 Å². The minimum Gasteiger partial charge on any atom is -0.324 e. The van der Waals surface area contributed by atoms with Crippen molar-refractivity contribution in [2.24, 2.45) is 0 Å². The topological polar surface area (TPSA) is 51.1 Å². The van der Waals surface area contributed by atoms with Crippen LogP contribution >= 0.6 is 11.6 Å². The average molecular weight is 369 g/mol. The first kappa shape index (κ1) is 18.2. The Kier molecular flexibility index (Phi) is 5.14. The van der Waals surface area contributed by atoms with Crippen molar-refractivity contribution in [2.45, 2.75) is 33.2 Å². The van der Waals surface area contributed by atoms with Gasteiger partial charge in [-0.25, -0.2) is 0 Å². The lowest BCUT2D eigenvalue weighted by molar-refractivity contribution is -0.119. The maximum absolute atomic E-state index is 12.9. The molecule has 0 saturated heterocycles. The predicted octanol–water partition coefficient (Wildman–Crippen LogP) is 4.86. The summed E-state index contributed by atoms with van der Waals surface area (Å²) in [5, 5.41) is 4.41. The number of pyridine rings is 1. The summed E-state index contributed by atoms with van der Waals surface area (Å²) in [6.45, 7) is 5.78. The number of nitrogens with zero attached hydrogens (tertiary/aromatic N) is 1. The van der Waals surface area contributed by atoms with Crippen LogP contribution in [0.15, 0.2) is 53.3 Å². The first-order valence-electron chi connectivity index (χ1n) is 8.60. The lowest BCUT2D eigenvalue weighted by atomic mass is 10.0. The van der Waals surface area contributed by atoms with Gasteiger partial charge in [0.15, 0.2) is 0 Å². The molecular formula is C21H21ClN2O2. The van der Waals surface area contributed by atoms with E-state index < -0.39 is 6.04 Å². The van der Waals surface area contributed by atoms with E-state index >= 15 is 0 Å². The number of carbonyl (C=O) groups excluding carboxylic acids is 1. The van der Waals surface area contributed by atoms with Gasteiger partial charge in [0.2, 0.25) is 5.91 Å². The summed E-state index contributed by atoms with van der Waals surface area (Å²) in [6, 6.07) is 13.9. The lowest BCUT2D eigenvalue weighted by Crippen LogP contribution is -2.33. The van der Waals surface area contributed by atoms with Gasteiger partial charge in [-0.05, 0) is 49.6 Å². The van der Waals surface area contributed by atoms with Crippen LogP contribution < -0.4 is 10.9 Å². The highest BCUT2D eigenvalue weighted by Crippen LogP contribution is 2.25. The molecule has 2 aromatic carbocycles. The summed E-state index contributed by atoms with van der Waals surface area (Å²) < 4.78 is 1.61. The number of para-hydroxylation sites is 1. The number of benzene rings is 2. The highest BCUT2D eigenvalue weighted by Gasteiger charge is 2.23. The molecule has 0 aliphatic rings. The molecule has 0 aliphatic heterocycles. The van der Waals surface area contributed by atoms with Crippen LogP contribution in [0.4, 0.5) is 5.69 Å². The summed E-state index contributed by atoms with van der Waals surface area (Å²) >= 11 is 5.99. The van der Waals surface area contributed by atoms with Gasteiger partial charge in [-0.2, -0.15) is 0 Å². The summed E-state index contributed by atoms with van der Waals surface area (Å²) in [4.78, 5) is 25.7. The normalized spacial score (nSPS) is 12.2. The molecule has 1 unspecified atom stereocenters. The fraction of sp³-hybridized carbons (Fsp3) is 0.238. The smallest absolute Gasteiger partial charge is 0.252 e. The van der Waals surface area contributed by atoms with Gasteiger partial charge in [0.1, 0.15) is 6.04 Å². The van der Waals surface area contributed by atoms with E-state index in [1.54, 1.807) is 34.9 Å². The van der Waals surface area contributed by atoms with Crippen molar-refractivity contribution < 1.29 is 4.79 Å². The molecule has 0 fully saturated rings. The van der Waals surface area contributed by atoms with Crippen molar-refractivity contribution in [3.63, 3.8) is 0 Å². The molecular weight excluding hydrogens is 348 g/mol. The van der Waals surface area contributed by atoms with Gasteiger partial charge in [-0.1, -0.05) is 42.8 Å². The van der Waals surface area contributed by atoms with Crippen molar-refractivity contribution in [3.8, 4) is 0 Å². The van der Waals surface area contributed by atoms with E-state index in [1.165, 1.54) is 0 Å². The zero-order chi connectivity index (χ0) is 18.8. The summed E-state index contributed by atoms with van der Waals surface area (Å²) in [5.41, 5.74) is 3.14. The van der Waals surface area contributed by atoms with E-state index in [4.69, 9.17) is 11.6 Å². The van der Waals surface area contributed by atoms with Gasteiger partial charge in [-0.3, -0.25) is 14.2 Å². The highest BCUT2D eigenvalue weighted by atomic mass is 35.5. The number of rotatable bonds is 4. The SMILES string of the molecule is CCC(C(=O)Nc1cccc(Cl)c1)n1c(=O)cc(C)c2cccc(C)c21. The number of hydrogen-bond donors (Lipinski definition) is 1. The van der Waals surface area contributed by atoms with Crippen LogP contribution in [0, 0.1) is 13.8 Å².